The van der Waals surface area contributed by atoms with E-state index in [4.69, 9.17) is 9.47 Å². The number of rotatable bonds is 3. The first-order valence-electron chi connectivity index (χ1n) is 4.28. The predicted molar refractivity (Wildman–Crippen MR) is 53.8 cm³/mol. The van der Waals surface area contributed by atoms with Gasteiger partial charge < -0.3 is 14.8 Å². The molecule has 0 aliphatic rings. The minimum atomic E-state index is -0.633. The van der Waals surface area contributed by atoms with E-state index in [1.54, 1.807) is 0 Å². The molecule has 1 aromatic carbocycles. The number of methoxy groups -OCH3 is 2. The summed E-state index contributed by atoms with van der Waals surface area (Å²) in [6.45, 7) is 1.33. The second kappa shape index (κ2) is 4.63. The van der Waals surface area contributed by atoms with E-state index in [1.165, 1.54) is 33.3 Å². The van der Waals surface area contributed by atoms with Gasteiger partial charge >= 0.3 is 0 Å². The Kier molecular flexibility index (Phi) is 3.49. The highest BCUT2D eigenvalue weighted by atomic mass is 19.1. The molecule has 0 aromatic heterocycles. The van der Waals surface area contributed by atoms with Crippen LogP contribution in [0.25, 0.3) is 0 Å². The Balaban J connectivity index is 3.18. The summed E-state index contributed by atoms with van der Waals surface area (Å²) < 4.78 is 23.2. The topological polar surface area (TPSA) is 47.6 Å². The molecule has 5 heteroatoms. The number of halogens is 1. The van der Waals surface area contributed by atoms with E-state index in [0.717, 1.165) is 0 Å². The van der Waals surface area contributed by atoms with Gasteiger partial charge in [-0.25, -0.2) is 0 Å². The minimum absolute atomic E-state index is 0.0375. The van der Waals surface area contributed by atoms with Crippen LogP contribution < -0.4 is 14.8 Å². The maximum absolute atomic E-state index is 13.6. The molecule has 0 heterocycles. The van der Waals surface area contributed by atoms with Crippen molar-refractivity contribution >= 4 is 11.6 Å². The number of amides is 1. The molecule has 1 N–H and O–H groups in total. The van der Waals surface area contributed by atoms with Gasteiger partial charge in [-0.05, 0) is 12.1 Å². The van der Waals surface area contributed by atoms with Crippen molar-refractivity contribution in [1.82, 2.24) is 0 Å². The lowest BCUT2D eigenvalue weighted by Crippen LogP contribution is -2.08. The molecule has 15 heavy (non-hydrogen) atoms. The summed E-state index contributed by atoms with van der Waals surface area (Å²) in [6.07, 6.45) is 0. The maximum atomic E-state index is 13.6. The van der Waals surface area contributed by atoms with Crippen LogP contribution in [0.1, 0.15) is 6.92 Å². The number of hydrogen-bond acceptors (Lipinski definition) is 3. The van der Waals surface area contributed by atoms with Crippen molar-refractivity contribution < 1.29 is 18.7 Å². The monoisotopic (exact) mass is 213 g/mol. The highest BCUT2D eigenvalue weighted by Gasteiger charge is 2.15. The Labute approximate surface area is 87.0 Å². The molecular weight excluding hydrogens is 201 g/mol. The summed E-state index contributed by atoms with van der Waals surface area (Å²) in [6, 6.07) is 2.94. The Morgan fingerprint density at radius 2 is 2.00 bits per heavy atom. The Hall–Kier alpha value is -1.78. The van der Waals surface area contributed by atoms with Gasteiger partial charge in [-0.15, -0.1) is 0 Å². The summed E-state index contributed by atoms with van der Waals surface area (Å²) in [5.74, 6) is -0.894. The van der Waals surface area contributed by atoms with Crippen LogP contribution in [0.2, 0.25) is 0 Å². The van der Waals surface area contributed by atoms with Crippen LogP contribution in [0.5, 0.6) is 11.5 Å². The molecule has 0 aliphatic carbocycles. The smallest absolute Gasteiger partial charge is 0.221 e. The van der Waals surface area contributed by atoms with Crippen LogP contribution in [-0.2, 0) is 4.79 Å². The van der Waals surface area contributed by atoms with Gasteiger partial charge in [0.2, 0.25) is 11.7 Å². The molecule has 0 saturated heterocycles. The molecule has 0 radical (unpaired) electrons. The van der Waals surface area contributed by atoms with Crippen LogP contribution in [0.4, 0.5) is 10.1 Å². The zero-order chi connectivity index (χ0) is 11.4. The van der Waals surface area contributed by atoms with Gasteiger partial charge in [0, 0.05) is 6.92 Å². The summed E-state index contributed by atoms with van der Waals surface area (Å²) in [5, 5.41) is 2.46. The molecule has 0 atom stereocenters. The first kappa shape index (κ1) is 11.3. The zero-order valence-electron chi connectivity index (χ0n) is 8.76. The van der Waals surface area contributed by atoms with Crippen molar-refractivity contribution in [2.75, 3.05) is 19.5 Å². The molecule has 0 saturated carbocycles. The molecule has 1 aromatic rings. The van der Waals surface area contributed by atoms with E-state index in [2.05, 4.69) is 5.32 Å². The van der Waals surface area contributed by atoms with E-state index >= 15 is 0 Å². The lowest BCUT2D eigenvalue weighted by molar-refractivity contribution is -0.114. The summed E-state index contributed by atoms with van der Waals surface area (Å²) in [4.78, 5) is 10.8. The van der Waals surface area contributed by atoms with Gasteiger partial charge in [0.1, 0.15) is 0 Å². The van der Waals surface area contributed by atoms with E-state index in [-0.39, 0.29) is 23.1 Å². The van der Waals surface area contributed by atoms with Gasteiger partial charge in [0.15, 0.2) is 11.5 Å². The number of hydrogen-bond donors (Lipinski definition) is 1. The predicted octanol–water partition coefficient (Wildman–Crippen LogP) is 1.80. The lowest BCUT2D eigenvalue weighted by atomic mass is 10.2. The quantitative estimate of drug-likeness (QED) is 0.832. The largest absolute Gasteiger partial charge is 0.494 e. The standard InChI is InChI=1S/C10H12FNO3/c1-6(13)12-7-4-5-8(14-2)9(11)10(7)15-3/h4-5H,1-3H3,(H,12,13). The van der Waals surface area contributed by atoms with Crippen LogP contribution in [-0.4, -0.2) is 20.1 Å². The molecular formula is C10H12FNO3. The highest BCUT2D eigenvalue weighted by molar-refractivity contribution is 5.90. The molecule has 82 valence electrons. The second-order valence-electron chi connectivity index (χ2n) is 2.84. The van der Waals surface area contributed by atoms with Gasteiger partial charge in [-0.3, -0.25) is 4.79 Å². The second-order valence-corrected chi connectivity index (χ2v) is 2.84. The Bertz CT molecular complexity index is 379. The van der Waals surface area contributed by atoms with E-state index in [1.807, 2.05) is 0 Å². The average molecular weight is 213 g/mol. The Morgan fingerprint density at radius 1 is 1.33 bits per heavy atom. The molecule has 1 rings (SSSR count). The van der Waals surface area contributed by atoms with Gasteiger partial charge in [0.05, 0.1) is 19.9 Å². The first-order valence-corrected chi connectivity index (χ1v) is 4.28. The molecule has 1 amide bonds. The SMILES string of the molecule is COc1ccc(NC(C)=O)c(OC)c1F. The van der Waals surface area contributed by atoms with E-state index in [0.29, 0.717) is 0 Å². The fourth-order valence-corrected chi connectivity index (χ4v) is 1.18. The number of benzene rings is 1. The highest BCUT2D eigenvalue weighted by Crippen LogP contribution is 2.33. The molecule has 0 fully saturated rings. The number of nitrogens with one attached hydrogen (secondary N) is 1. The number of ether oxygens (including phenoxy) is 2. The molecule has 0 aliphatic heterocycles. The Morgan fingerprint density at radius 3 is 2.47 bits per heavy atom. The van der Waals surface area contributed by atoms with Crippen molar-refractivity contribution in [3.8, 4) is 11.5 Å². The fourth-order valence-electron chi connectivity index (χ4n) is 1.18. The van der Waals surface area contributed by atoms with Crippen LogP contribution >= 0.6 is 0 Å². The lowest BCUT2D eigenvalue weighted by Gasteiger charge is -2.11. The van der Waals surface area contributed by atoms with Crippen LogP contribution in [0.3, 0.4) is 0 Å². The van der Waals surface area contributed by atoms with Crippen molar-refractivity contribution in [3.05, 3.63) is 17.9 Å². The summed E-state index contributed by atoms with van der Waals surface area (Å²) >= 11 is 0. The first-order chi connectivity index (χ1) is 7.10. The molecule has 4 nitrogen and oxygen atoms in total. The number of anilines is 1. The zero-order valence-corrected chi connectivity index (χ0v) is 8.76. The number of carbonyl (C=O) groups excluding carboxylic acids is 1. The van der Waals surface area contributed by atoms with Crippen molar-refractivity contribution in [2.45, 2.75) is 6.92 Å². The van der Waals surface area contributed by atoms with Crippen molar-refractivity contribution in [3.63, 3.8) is 0 Å². The average Bonchev–Trinajstić information content (AvgIpc) is 2.18. The molecule has 0 unspecified atom stereocenters. The maximum Gasteiger partial charge on any atom is 0.221 e. The van der Waals surface area contributed by atoms with Crippen LogP contribution in [0, 0.1) is 5.82 Å². The van der Waals surface area contributed by atoms with Crippen molar-refractivity contribution in [1.29, 1.82) is 0 Å². The normalized spacial score (nSPS) is 9.60. The molecule has 0 spiro atoms. The van der Waals surface area contributed by atoms with Gasteiger partial charge in [0.25, 0.3) is 0 Å². The molecule has 0 bridgehead atoms. The third-order valence-corrected chi connectivity index (χ3v) is 1.80. The van der Waals surface area contributed by atoms with Crippen molar-refractivity contribution in [2.24, 2.45) is 0 Å². The summed E-state index contributed by atoms with van der Waals surface area (Å²) in [7, 11) is 2.68. The minimum Gasteiger partial charge on any atom is -0.494 e. The third-order valence-electron chi connectivity index (χ3n) is 1.80. The van der Waals surface area contributed by atoms with E-state index < -0.39 is 5.82 Å². The van der Waals surface area contributed by atoms with E-state index in [9.17, 15) is 9.18 Å². The summed E-state index contributed by atoms with van der Waals surface area (Å²) in [5.41, 5.74) is 0.281. The third kappa shape index (κ3) is 2.37. The number of carbonyl (C=O) groups is 1. The fraction of sp³-hybridized carbons (Fsp3) is 0.300. The van der Waals surface area contributed by atoms with Gasteiger partial charge in [-0.1, -0.05) is 0 Å². The van der Waals surface area contributed by atoms with Crippen LogP contribution in [0.15, 0.2) is 12.1 Å². The van der Waals surface area contributed by atoms with Gasteiger partial charge in [-0.2, -0.15) is 4.39 Å².